The smallest absolute Gasteiger partial charge is 0.175 e. The predicted octanol–water partition coefficient (Wildman–Crippen LogP) is 3.92. The molecule has 0 unspecified atom stereocenters. The lowest BCUT2D eigenvalue weighted by Gasteiger charge is -2.10. The van der Waals surface area contributed by atoms with E-state index in [0.717, 1.165) is 12.0 Å². The number of sulfone groups is 1. The first-order valence-electron chi connectivity index (χ1n) is 6.71. The second-order valence-electron chi connectivity index (χ2n) is 4.94. The van der Waals surface area contributed by atoms with Gasteiger partial charge >= 0.3 is 0 Å². The summed E-state index contributed by atoms with van der Waals surface area (Å²) >= 11 is 6.10. The first-order chi connectivity index (χ1) is 9.90. The number of anilines is 1. The van der Waals surface area contributed by atoms with Crippen LogP contribution in [0.4, 0.5) is 5.69 Å². The average Bonchev–Trinajstić information content (AvgIpc) is 2.45. The molecular weight excluding hydrogens is 306 g/mol. The van der Waals surface area contributed by atoms with E-state index in [2.05, 4.69) is 36.5 Å². The van der Waals surface area contributed by atoms with Gasteiger partial charge in [-0.25, -0.2) is 8.42 Å². The van der Waals surface area contributed by atoms with Gasteiger partial charge in [-0.3, -0.25) is 0 Å². The van der Waals surface area contributed by atoms with E-state index in [9.17, 15) is 8.42 Å². The van der Waals surface area contributed by atoms with Gasteiger partial charge in [-0.1, -0.05) is 42.8 Å². The molecule has 0 aliphatic rings. The fourth-order valence-corrected chi connectivity index (χ4v) is 2.79. The van der Waals surface area contributed by atoms with E-state index in [0.29, 0.717) is 17.3 Å². The van der Waals surface area contributed by atoms with Crippen LogP contribution in [-0.2, 0) is 22.8 Å². The molecule has 2 aromatic carbocycles. The predicted molar refractivity (Wildman–Crippen MR) is 87.7 cm³/mol. The molecule has 1 N–H and O–H groups in total. The van der Waals surface area contributed by atoms with Crippen LogP contribution in [0.15, 0.2) is 47.4 Å². The van der Waals surface area contributed by atoms with Gasteiger partial charge in [0.05, 0.1) is 15.6 Å². The van der Waals surface area contributed by atoms with Gasteiger partial charge in [-0.2, -0.15) is 0 Å². The van der Waals surface area contributed by atoms with Crippen molar-refractivity contribution in [2.45, 2.75) is 24.8 Å². The van der Waals surface area contributed by atoms with Gasteiger partial charge in [-0.05, 0) is 35.7 Å². The molecule has 0 amide bonds. The van der Waals surface area contributed by atoms with E-state index < -0.39 is 9.84 Å². The topological polar surface area (TPSA) is 46.2 Å². The molecule has 0 spiro atoms. The summed E-state index contributed by atoms with van der Waals surface area (Å²) in [6.07, 6.45) is 2.19. The number of benzene rings is 2. The van der Waals surface area contributed by atoms with Crippen LogP contribution in [0, 0.1) is 0 Å². The van der Waals surface area contributed by atoms with E-state index in [4.69, 9.17) is 11.6 Å². The highest BCUT2D eigenvalue weighted by molar-refractivity contribution is 7.90. The Balaban J connectivity index is 2.15. The van der Waals surface area contributed by atoms with Crippen LogP contribution in [0.2, 0.25) is 5.02 Å². The molecular formula is C16H18ClNO2S. The third-order valence-electron chi connectivity index (χ3n) is 3.28. The van der Waals surface area contributed by atoms with Crippen LogP contribution in [0.25, 0.3) is 0 Å². The monoisotopic (exact) mass is 323 g/mol. The van der Waals surface area contributed by atoms with E-state index in [1.165, 1.54) is 17.9 Å². The minimum absolute atomic E-state index is 0.260. The van der Waals surface area contributed by atoms with Crippen LogP contribution < -0.4 is 5.32 Å². The molecule has 5 heteroatoms. The van der Waals surface area contributed by atoms with Crippen LogP contribution >= 0.6 is 11.6 Å². The fraction of sp³-hybridized carbons (Fsp3) is 0.250. The highest BCUT2D eigenvalue weighted by atomic mass is 35.5. The van der Waals surface area contributed by atoms with Crippen molar-refractivity contribution in [2.75, 3.05) is 11.6 Å². The third kappa shape index (κ3) is 4.22. The minimum Gasteiger partial charge on any atom is -0.380 e. The van der Waals surface area contributed by atoms with E-state index >= 15 is 0 Å². The van der Waals surface area contributed by atoms with Gasteiger partial charge in [-0.15, -0.1) is 0 Å². The Morgan fingerprint density at radius 2 is 1.67 bits per heavy atom. The van der Waals surface area contributed by atoms with Crippen molar-refractivity contribution in [1.29, 1.82) is 0 Å². The highest BCUT2D eigenvalue weighted by Crippen LogP contribution is 2.25. The van der Waals surface area contributed by atoms with Crippen LogP contribution in [-0.4, -0.2) is 14.7 Å². The quantitative estimate of drug-likeness (QED) is 0.907. The molecule has 0 aromatic heterocycles. The summed E-state index contributed by atoms with van der Waals surface area (Å²) in [7, 11) is -3.23. The number of halogens is 1. The Labute approximate surface area is 130 Å². The lowest BCUT2D eigenvalue weighted by Crippen LogP contribution is -2.03. The summed E-state index contributed by atoms with van der Waals surface area (Å²) in [5.74, 6) is 0. The van der Waals surface area contributed by atoms with Crippen molar-refractivity contribution in [1.82, 2.24) is 0 Å². The molecule has 3 nitrogen and oxygen atoms in total. The lowest BCUT2D eigenvalue weighted by atomic mass is 10.1. The Morgan fingerprint density at radius 3 is 2.24 bits per heavy atom. The Morgan fingerprint density at radius 1 is 1.05 bits per heavy atom. The first kappa shape index (κ1) is 15.9. The standard InChI is InChI=1S/C16H18ClNO2S/c1-3-12-4-6-13(7-5-12)11-18-16-10-14(21(2,19)20)8-9-15(16)17/h4-10,18H,3,11H2,1-2H3. The molecule has 2 rings (SSSR count). The van der Waals surface area contributed by atoms with Gasteiger partial charge in [0.1, 0.15) is 0 Å². The number of hydrogen-bond donors (Lipinski definition) is 1. The summed E-state index contributed by atoms with van der Waals surface area (Å²) in [5.41, 5.74) is 3.03. The third-order valence-corrected chi connectivity index (χ3v) is 4.72. The maximum absolute atomic E-state index is 11.6. The molecule has 21 heavy (non-hydrogen) atoms. The molecule has 0 saturated carbocycles. The van der Waals surface area contributed by atoms with E-state index in [1.54, 1.807) is 12.1 Å². The Kier molecular flexibility index (Phi) is 4.91. The maximum Gasteiger partial charge on any atom is 0.175 e. The van der Waals surface area contributed by atoms with E-state index in [1.807, 2.05) is 0 Å². The molecule has 0 aliphatic heterocycles. The molecule has 0 heterocycles. The van der Waals surface area contributed by atoms with Crippen molar-refractivity contribution >= 4 is 27.1 Å². The molecule has 0 radical (unpaired) electrons. The Hall–Kier alpha value is -1.52. The second kappa shape index (κ2) is 6.50. The summed E-state index contributed by atoms with van der Waals surface area (Å²) in [6.45, 7) is 2.71. The van der Waals surface area contributed by atoms with Gasteiger partial charge in [0, 0.05) is 12.8 Å². The normalized spacial score (nSPS) is 11.4. The van der Waals surface area contributed by atoms with Gasteiger partial charge < -0.3 is 5.32 Å². The number of aryl methyl sites for hydroxylation is 1. The molecule has 2 aromatic rings. The van der Waals surface area contributed by atoms with Crippen LogP contribution in [0.3, 0.4) is 0 Å². The van der Waals surface area contributed by atoms with Crippen molar-refractivity contribution in [3.8, 4) is 0 Å². The molecule has 0 fully saturated rings. The number of hydrogen-bond acceptors (Lipinski definition) is 3. The number of nitrogens with one attached hydrogen (secondary N) is 1. The fourth-order valence-electron chi connectivity index (χ4n) is 1.96. The first-order valence-corrected chi connectivity index (χ1v) is 8.98. The van der Waals surface area contributed by atoms with Crippen LogP contribution in [0.5, 0.6) is 0 Å². The largest absolute Gasteiger partial charge is 0.380 e. The lowest BCUT2D eigenvalue weighted by molar-refractivity contribution is 0.602. The highest BCUT2D eigenvalue weighted by Gasteiger charge is 2.10. The van der Waals surface area contributed by atoms with Crippen molar-refractivity contribution in [2.24, 2.45) is 0 Å². The molecule has 0 saturated heterocycles. The molecule has 0 bridgehead atoms. The molecule has 0 atom stereocenters. The zero-order valence-corrected chi connectivity index (χ0v) is 13.6. The van der Waals surface area contributed by atoms with Crippen LogP contribution in [0.1, 0.15) is 18.1 Å². The SMILES string of the molecule is CCc1ccc(CNc2cc(S(C)(=O)=O)ccc2Cl)cc1. The van der Waals surface area contributed by atoms with Gasteiger partial charge in [0.2, 0.25) is 0 Å². The summed E-state index contributed by atoms with van der Waals surface area (Å²) in [5, 5.41) is 3.69. The van der Waals surface area contributed by atoms with E-state index in [-0.39, 0.29) is 4.90 Å². The minimum atomic E-state index is -3.23. The Bertz CT molecular complexity index is 724. The zero-order chi connectivity index (χ0) is 15.5. The molecule has 112 valence electrons. The summed E-state index contributed by atoms with van der Waals surface area (Å²) < 4.78 is 23.1. The van der Waals surface area contributed by atoms with Crippen molar-refractivity contribution in [3.63, 3.8) is 0 Å². The van der Waals surface area contributed by atoms with Crippen molar-refractivity contribution < 1.29 is 8.42 Å². The zero-order valence-electron chi connectivity index (χ0n) is 12.1. The second-order valence-corrected chi connectivity index (χ2v) is 7.36. The van der Waals surface area contributed by atoms with Gasteiger partial charge in [0.15, 0.2) is 9.84 Å². The number of rotatable bonds is 5. The maximum atomic E-state index is 11.6. The summed E-state index contributed by atoms with van der Waals surface area (Å²) in [4.78, 5) is 0.260. The van der Waals surface area contributed by atoms with Gasteiger partial charge in [0.25, 0.3) is 0 Å². The summed E-state index contributed by atoms with van der Waals surface area (Å²) in [6, 6.07) is 13.0. The van der Waals surface area contributed by atoms with Crippen molar-refractivity contribution in [3.05, 3.63) is 58.6 Å². The molecule has 0 aliphatic carbocycles. The average molecular weight is 324 g/mol.